The first kappa shape index (κ1) is 13.6. The third-order valence-electron chi connectivity index (χ3n) is 2.29. The van der Waals surface area contributed by atoms with Crippen LogP contribution < -0.4 is 5.32 Å². The third-order valence-corrected chi connectivity index (χ3v) is 2.52. The van der Waals surface area contributed by atoms with Gasteiger partial charge in [0, 0.05) is 17.8 Å². The van der Waals surface area contributed by atoms with Crippen LogP contribution in [0, 0.1) is 0 Å². The van der Waals surface area contributed by atoms with E-state index in [9.17, 15) is 13.2 Å². The summed E-state index contributed by atoms with van der Waals surface area (Å²) in [6, 6.07) is 7.80. The molecule has 0 amide bonds. The zero-order valence-corrected chi connectivity index (χ0v) is 10.3. The Morgan fingerprint density at radius 2 is 2.00 bits per heavy atom. The topological polar surface area (TPSA) is 37.8 Å². The fraction of sp³-hybridized carbons (Fsp3) is 0.167. The number of hydrogen-bond acceptors (Lipinski definition) is 3. The SMILES string of the molecule is FC(F)(F)c1ccnc(NCc2cccc(Cl)c2)n1. The lowest BCUT2D eigenvalue weighted by atomic mass is 10.2. The van der Waals surface area contributed by atoms with Gasteiger partial charge in [-0.1, -0.05) is 23.7 Å². The maximum Gasteiger partial charge on any atom is 0.433 e. The Labute approximate surface area is 112 Å². The molecule has 0 aliphatic carbocycles. The molecular weight excluding hydrogens is 279 g/mol. The molecule has 0 fully saturated rings. The fourth-order valence-corrected chi connectivity index (χ4v) is 1.64. The first-order valence-corrected chi connectivity index (χ1v) is 5.71. The summed E-state index contributed by atoms with van der Waals surface area (Å²) in [7, 11) is 0. The number of nitrogens with one attached hydrogen (secondary N) is 1. The van der Waals surface area contributed by atoms with Crippen LogP contribution in [0.3, 0.4) is 0 Å². The summed E-state index contributed by atoms with van der Waals surface area (Å²) >= 11 is 5.80. The van der Waals surface area contributed by atoms with Gasteiger partial charge < -0.3 is 5.32 Å². The molecule has 0 spiro atoms. The van der Waals surface area contributed by atoms with E-state index in [1.54, 1.807) is 24.3 Å². The number of hydrogen-bond donors (Lipinski definition) is 1. The van der Waals surface area contributed by atoms with Gasteiger partial charge in [0.25, 0.3) is 0 Å². The van der Waals surface area contributed by atoms with Gasteiger partial charge in [0.15, 0.2) is 0 Å². The molecule has 7 heteroatoms. The summed E-state index contributed by atoms with van der Waals surface area (Å²) in [5.41, 5.74) is -0.149. The van der Waals surface area contributed by atoms with Gasteiger partial charge in [-0.25, -0.2) is 9.97 Å². The predicted molar refractivity (Wildman–Crippen MR) is 65.8 cm³/mol. The van der Waals surface area contributed by atoms with Crippen LogP contribution in [0.5, 0.6) is 0 Å². The predicted octanol–water partition coefficient (Wildman–Crippen LogP) is 3.76. The van der Waals surface area contributed by atoms with Gasteiger partial charge in [0.1, 0.15) is 5.69 Å². The van der Waals surface area contributed by atoms with Crippen LogP contribution in [0.15, 0.2) is 36.5 Å². The summed E-state index contributed by atoms with van der Waals surface area (Å²) in [6.45, 7) is 0.294. The summed E-state index contributed by atoms with van der Waals surface area (Å²) < 4.78 is 37.3. The van der Waals surface area contributed by atoms with E-state index in [1.165, 1.54) is 0 Å². The van der Waals surface area contributed by atoms with Gasteiger partial charge in [-0.15, -0.1) is 0 Å². The third kappa shape index (κ3) is 3.82. The van der Waals surface area contributed by atoms with Crippen molar-refractivity contribution in [3.8, 4) is 0 Å². The van der Waals surface area contributed by atoms with E-state index in [1.807, 2.05) is 0 Å². The molecule has 2 rings (SSSR count). The minimum atomic E-state index is -4.48. The molecule has 0 saturated heterocycles. The molecule has 0 bridgehead atoms. The molecule has 1 aromatic carbocycles. The van der Waals surface area contributed by atoms with Crippen molar-refractivity contribution in [2.24, 2.45) is 0 Å². The van der Waals surface area contributed by atoms with Crippen LogP contribution in [0.1, 0.15) is 11.3 Å². The molecule has 1 aromatic heterocycles. The molecule has 1 heterocycles. The van der Waals surface area contributed by atoms with Gasteiger partial charge in [-0.05, 0) is 23.8 Å². The minimum absolute atomic E-state index is 0.0743. The van der Waals surface area contributed by atoms with Crippen molar-refractivity contribution >= 4 is 17.5 Å². The van der Waals surface area contributed by atoms with Crippen LogP contribution in [0.25, 0.3) is 0 Å². The molecule has 3 nitrogen and oxygen atoms in total. The summed E-state index contributed by atoms with van der Waals surface area (Å²) in [5.74, 6) is -0.0743. The second-order valence-electron chi connectivity index (χ2n) is 3.75. The molecule has 0 atom stereocenters. The van der Waals surface area contributed by atoms with Crippen LogP contribution in [0.4, 0.5) is 19.1 Å². The largest absolute Gasteiger partial charge is 0.433 e. The van der Waals surface area contributed by atoms with Crippen LogP contribution in [-0.2, 0) is 12.7 Å². The van der Waals surface area contributed by atoms with E-state index in [-0.39, 0.29) is 5.95 Å². The van der Waals surface area contributed by atoms with Crippen LogP contribution >= 0.6 is 11.6 Å². The lowest BCUT2D eigenvalue weighted by molar-refractivity contribution is -0.141. The number of alkyl halides is 3. The maximum atomic E-state index is 12.4. The number of anilines is 1. The van der Waals surface area contributed by atoms with E-state index in [0.29, 0.717) is 11.6 Å². The molecule has 0 saturated carbocycles. The molecule has 0 unspecified atom stereocenters. The van der Waals surface area contributed by atoms with Gasteiger partial charge in [0.05, 0.1) is 0 Å². The molecular formula is C12H9ClF3N3. The molecule has 2 aromatic rings. The highest BCUT2D eigenvalue weighted by Gasteiger charge is 2.32. The summed E-state index contributed by atoms with van der Waals surface area (Å²) in [5, 5.41) is 3.28. The Morgan fingerprint density at radius 3 is 2.68 bits per heavy atom. The van der Waals surface area contributed by atoms with E-state index in [0.717, 1.165) is 17.8 Å². The molecule has 0 aliphatic rings. The van der Waals surface area contributed by atoms with Crippen molar-refractivity contribution in [1.29, 1.82) is 0 Å². The number of halogens is 4. The van der Waals surface area contributed by atoms with Gasteiger partial charge in [-0.2, -0.15) is 13.2 Å². The van der Waals surface area contributed by atoms with Crippen molar-refractivity contribution in [2.75, 3.05) is 5.32 Å². The lowest BCUT2D eigenvalue weighted by Crippen LogP contribution is -2.11. The monoisotopic (exact) mass is 287 g/mol. The second-order valence-corrected chi connectivity index (χ2v) is 4.18. The van der Waals surface area contributed by atoms with Gasteiger partial charge in [-0.3, -0.25) is 0 Å². The molecule has 100 valence electrons. The number of aromatic nitrogens is 2. The van der Waals surface area contributed by atoms with E-state index in [2.05, 4.69) is 15.3 Å². The minimum Gasteiger partial charge on any atom is -0.350 e. The highest BCUT2D eigenvalue weighted by molar-refractivity contribution is 6.30. The summed E-state index contributed by atoms with van der Waals surface area (Å²) in [6.07, 6.45) is -3.41. The van der Waals surface area contributed by atoms with Crippen molar-refractivity contribution in [3.05, 3.63) is 52.8 Å². The highest BCUT2D eigenvalue weighted by atomic mass is 35.5. The highest BCUT2D eigenvalue weighted by Crippen LogP contribution is 2.27. The zero-order valence-electron chi connectivity index (χ0n) is 9.58. The average Bonchev–Trinajstić information content (AvgIpc) is 2.36. The molecule has 0 radical (unpaired) electrons. The standard InChI is InChI=1S/C12H9ClF3N3/c13-9-3-1-2-8(6-9)7-18-11-17-5-4-10(19-11)12(14,15)16/h1-6H,7H2,(H,17,18,19). The molecule has 1 N–H and O–H groups in total. The fourth-order valence-electron chi connectivity index (χ4n) is 1.43. The Morgan fingerprint density at radius 1 is 1.21 bits per heavy atom. The van der Waals surface area contributed by atoms with Gasteiger partial charge >= 0.3 is 6.18 Å². The zero-order chi connectivity index (χ0) is 13.9. The summed E-state index contributed by atoms with van der Waals surface area (Å²) in [4.78, 5) is 7.14. The number of nitrogens with zero attached hydrogens (tertiary/aromatic N) is 2. The second kappa shape index (κ2) is 5.44. The molecule has 0 aliphatic heterocycles. The van der Waals surface area contributed by atoms with Crippen molar-refractivity contribution in [1.82, 2.24) is 9.97 Å². The lowest BCUT2D eigenvalue weighted by Gasteiger charge is -2.08. The maximum absolute atomic E-state index is 12.4. The normalized spacial score (nSPS) is 11.4. The molecule has 19 heavy (non-hydrogen) atoms. The Hall–Kier alpha value is -1.82. The Balaban J connectivity index is 2.08. The van der Waals surface area contributed by atoms with Gasteiger partial charge in [0.2, 0.25) is 5.95 Å². The van der Waals surface area contributed by atoms with Crippen molar-refractivity contribution in [3.63, 3.8) is 0 Å². The number of rotatable bonds is 3. The van der Waals surface area contributed by atoms with E-state index >= 15 is 0 Å². The quantitative estimate of drug-likeness (QED) is 0.934. The van der Waals surface area contributed by atoms with E-state index < -0.39 is 11.9 Å². The Bertz CT molecular complexity index is 572. The van der Waals surface area contributed by atoms with Crippen molar-refractivity contribution < 1.29 is 13.2 Å². The first-order valence-electron chi connectivity index (χ1n) is 5.34. The number of benzene rings is 1. The first-order chi connectivity index (χ1) is 8.95. The smallest absolute Gasteiger partial charge is 0.350 e. The average molecular weight is 288 g/mol. The van der Waals surface area contributed by atoms with Crippen LogP contribution in [-0.4, -0.2) is 9.97 Å². The van der Waals surface area contributed by atoms with E-state index in [4.69, 9.17) is 11.6 Å². The van der Waals surface area contributed by atoms with Crippen molar-refractivity contribution in [2.45, 2.75) is 12.7 Å². The Kier molecular flexibility index (Phi) is 3.90. The van der Waals surface area contributed by atoms with Crippen LogP contribution in [0.2, 0.25) is 5.02 Å².